The number of carbonyl (C=O) groups excluding carboxylic acids is 1. The van der Waals surface area contributed by atoms with Crippen LogP contribution in [0.25, 0.3) is 5.69 Å². The molecule has 0 spiro atoms. The van der Waals surface area contributed by atoms with Crippen molar-refractivity contribution in [1.82, 2.24) is 20.4 Å². The van der Waals surface area contributed by atoms with Gasteiger partial charge in [0, 0.05) is 25.6 Å². The number of ether oxygens (including phenoxy) is 1. The molecule has 3 N–H and O–H groups in total. The molecule has 0 radical (unpaired) electrons. The topological polar surface area (TPSA) is 88.4 Å². The summed E-state index contributed by atoms with van der Waals surface area (Å²) < 4.78 is 7.18. The molecule has 0 saturated carbocycles. The normalized spacial score (nSPS) is 20.1. The molecule has 7 heteroatoms. The number of β-amino-alcohol motifs (C(OH)–C–C–N with tert-alkyl or cyclic N) is 1. The van der Waals surface area contributed by atoms with E-state index in [0.29, 0.717) is 32.0 Å². The van der Waals surface area contributed by atoms with Crippen LogP contribution < -0.4 is 15.4 Å². The first-order chi connectivity index (χ1) is 11.7. The zero-order valence-corrected chi connectivity index (χ0v) is 13.6. The summed E-state index contributed by atoms with van der Waals surface area (Å²) in [6.07, 6.45) is 1.28. The number of nitrogens with zero attached hydrogens (tertiary/aromatic N) is 2. The van der Waals surface area contributed by atoms with Gasteiger partial charge < -0.3 is 20.5 Å². The second kappa shape index (κ2) is 7.46. The first kappa shape index (κ1) is 16.5. The molecule has 1 aliphatic heterocycles. The molecule has 1 saturated heterocycles. The quantitative estimate of drug-likeness (QED) is 0.721. The predicted octanol–water partition coefficient (Wildman–Crippen LogP) is 0.581. The first-order valence-corrected chi connectivity index (χ1v) is 8.14. The van der Waals surface area contributed by atoms with Crippen molar-refractivity contribution in [2.45, 2.75) is 13.0 Å². The minimum Gasteiger partial charge on any atom is -0.490 e. The fourth-order valence-corrected chi connectivity index (χ4v) is 2.72. The number of aromatic nitrogens is 2. The molecule has 128 valence electrons. The Kier molecular flexibility index (Phi) is 5.12. The van der Waals surface area contributed by atoms with Crippen molar-refractivity contribution in [2.24, 2.45) is 5.92 Å². The lowest BCUT2D eigenvalue weighted by molar-refractivity contribution is 0.0918. The van der Waals surface area contributed by atoms with Gasteiger partial charge in [0.1, 0.15) is 0 Å². The van der Waals surface area contributed by atoms with Crippen molar-refractivity contribution in [3.63, 3.8) is 0 Å². The van der Waals surface area contributed by atoms with Crippen LogP contribution in [-0.4, -0.2) is 53.1 Å². The Labute approximate surface area is 140 Å². The van der Waals surface area contributed by atoms with Crippen LogP contribution in [0.1, 0.15) is 17.4 Å². The molecule has 2 atom stereocenters. The van der Waals surface area contributed by atoms with Gasteiger partial charge >= 0.3 is 0 Å². The number of nitrogens with one attached hydrogen (secondary N) is 2. The van der Waals surface area contributed by atoms with Crippen LogP contribution in [0.15, 0.2) is 36.5 Å². The lowest BCUT2D eigenvalue weighted by Gasteiger charge is -2.13. The van der Waals surface area contributed by atoms with E-state index in [4.69, 9.17) is 4.74 Å². The summed E-state index contributed by atoms with van der Waals surface area (Å²) in [5.41, 5.74) is 1.11. The Hall–Kier alpha value is -2.38. The minimum atomic E-state index is -0.432. The molecule has 1 aliphatic rings. The highest BCUT2D eigenvalue weighted by Crippen LogP contribution is 2.20. The third-order valence-corrected chi connectivity index (χ3v) is 4.05. The van der Waals surface area contributed by atoms with E-state index in [1.807, 2.05) is 37.3 Å². The average Bonchev–Trinajstić information content (AvgIpc) is 3.20. The average molecular weight is 330 g/mol. The van der Waals surface area contributed by atoms with E-state index in [1.165, 1.54) is 0 Å². The van der Waals surface area contributed by atoms with Gasteiger partial charge in [-0.2, -0.15) is 5.10 Å². The number of benzene rings is 1. The standard InChI is InChI=1S/C17H22N4O3/c1-2-24-15-11-21(13-6-4-3-5-7-13)20-16(15)17(23)19-9-12-8-18-10-14(12)22/h3-7,11-12,14,18,22H,2,8-10H2,1H3,(H,19,23). The highest BCUT2D eigenvalue weighted by atomic mass is 16.5. The van der Waals surface area contributed by atoms with E-state index >= 15 is 0 Å². The van der Waals surface area contributed by atoms with Gasteiger partial charge in [-0.1, -0.05) is 18.2 Å². The monoisotopic (exact) mass is 330 g/mol. The van der Waals surface area contributed by atoms with Crippen molar-refractivity contribution in [3.8, 4) is 11.4 Å². The van der Waals surface area contributed by atoms with Crippen LogP contribution >= 0.6 is 0 Å². The maximum atomic E-state index is 12.5. The zero-order chi connectivity index (χ0) is 16.9. The molecule has 3 rings (SSSR count). The second-order valence-electron chi connectivity index (χ2n) is 5.75. The SMILES string of the molecule is CCOc1cn(-c2ccccc2)nc1C(=O)NCC1CNCC1O. The molecule has 1 fully saturated rings. The van der Waals surface area contributed by atoms with E-state index < -0.39 is 6.10 Å². The van der Waals surface area contributed by atoms with Gasteiger partial charge in [-0.3, -0.25) is 4.79 Å². The van der Waals surface area contributed by atoms with Gasteiger partial charge in [0.05, 0.1) is 24.6 Å². The van der Waals surface area contributed by atoms with Crippen LogP contribution in [0.5, 0.6) is 5.75 Å². The maximum absolute atomic E-state index is 12.5. The molecule has 2 unspecified atom stereocenters. The third-order valence-electron chi connectivity index (χ3n) is 4.05. The van der Waals surface area contributed by atoms with Crippen LogP contribution in [0.2, 0.25) is 0 Å². The van der Waals surface area contributed by atoms with Crippen LogP contribution in [0, 0.1) is 5.92 Å². The van der Waals surface area contributed by atoms with E-state index in [9.17, 15) is 9.90 Å². The van der Waals surface area contributed by atoms with Gasteiger partial charge in [-0.25, -0.2) is 4.68 Å². The molecule has 1 aromatic heterocycles. The second-order valence-corrected chi connectivity index (χ2v) is 5.75. The minimum absolute atomic E-state index is 0.0145. The van der Waals surface area contributed by atoms with E-state index in [2.05, 4.69) is 15.7 Å². The molecule has 1 amide bonds. The number of para-hydroxylation sites is 1. The van der Waals surface area contributed by atoms with Gasteiger partial charge in [0.15, 0.2) is 11.4 Å². The lowest BCUT2D eigenvalue weighted by atomic mass is 10.1. The molecule has 0 aliphatic carbocycles. The van der Waals surface area contributed by atoms with Crippen LogP contribution in [-0.2, 0) is 0 Å². The molecule has 24 heavy (non-hydrogen) atoms. The van der Waals surface area contributed by atoms with E-state index in [-0.39, 0.29) is 17.5 Å². The van der Waals surface area contributed by atoms with Crippen molar-refractivity contribution in [2.75, 3.05) is 26.2 Å². The Morgan fingerprint density at radius 2 is 2.21 bits per heavy atom. The van der Waals surface area contributed by atoms with Crippen molar-refractivity contribution in [1.29, 1.82) is 0 Å². The maximum Gasteiger partial charge on any atom is 0.275 e. The molecule has 2 aromatic rings. The number of carbonyl (C=O) groups is 1. The highest BCUT2D eigenvalue weighted by molar-refractivity contribution is 5.95. The summed E-state index contributed by atoms with van der Waals surface area (Å²) in [5, 5.41) is 20.1. The smallest absolute Gasteiger partial charge is 0.275 e. The summed E-state index contributed by atoms with van der Waals surface area (Å²) in [7, 11) is 0. The summed E-state index contributed by atoms with van der Waals surface area (Å²) in [6.45, 7) is 3.97. The fraction of sp³-hybridized carbons (Fsp3) is 0.412. The van der Waals surface area contributed by atoms with Crippen LogP contribution in [0.3, 0.4) is 0 Å². The number of hydrogen-bond donors (Lipinski definition) is 3. The molecular formula is C17H22N4O3. The van der Waals surface area contributed by atoms with Crippen LogP contribution in [0.4, 0.5) is 0 Å². The summed E-state index contributed by atoms with van der Waals surface area (Å²) in [4.78, 5) is 12.5. The van der Waals surface area contributed by atoms with E-state index in [1.54, 1.807) is 10.9 Å². The van der Waals surface area contributed by atoms with E-state index in [0.717, 1.165) is 5.69 Å². The van der Waals surface area contributed by atoms with Gasteiger partial charge in [-0.15, -0.1) is 0 Å². The Balaban J connectivity index is 1.75. The van der Waals surface area contributed by atoms with Crippen molar-refractivity contribution < 1.29 is 14.6 Å². The molecule has 1 aromatic carbocycles. The molecule has 0 bridgehead atoms. The third kappa shape index (κ3) is 3.58. The first-order valence-electron chi connectivity index (χ1n) is 8.14. The number of rotatable bonds is 6. The lowest BCUT2D eigenvalue weighted by Crippen LogP contribution is -2.34. The number of aliphatic hydroxyl groups excluding tert-OH is 1. The molecule has 7 nitrogen and oxygen atoms in total. The van der Waals surface area contributed by atoms with Gasteiger partial charge in [-0.05, 0) is 19.1 Å². The molecular weight excluding hydrogens is 308 g/mol. The number of hydrogen-bond acceptors (Lipinski definition) is 5. The molecule has 2 heterocycles. The predicted molar refractivity (Wildman–Crippen MR) is 89.4 cm³/mol. The fourth-order valence-electron chi connectivity index (χ4n) is 2.72. The largest absolute Gasteiger partial charge is 0.490 e. The highest BCUT2D eigenvalue weighted by Gasteiger charge is 2.26. The van der Waals surface area contributed by atoms with Crippen molar-refractivity contribution in [3.05, 3.63) is 42.2 Å². The van der Waals surface area contributed by atoms with Gasteiger partial charge in [0.2, 0.25) is 0 Å². The van der Waals surface area contributed by atoms with Crippen molar-refractivity contribution >= 4 is 5.91 Å². The number of amides is 1. The zero-order valence-electron chi connectivity index (χ0n) is 13.6. The Bertz CT molecular complexity index is 686. The number of aliphatic hydroxyl groups is 1. The summed E-state index contributed by atoms with van der Waals surface area (Å²) in [6, 6.07) is 9.55. The summed E-state index contributed by atoms with van der Waals surface area (Å²) >= 11 is 0. The summed E-state index contributed by atoms with van der Waals surface area (Å²) in [5.74, 6) is 0.164. The van der Waals surface area contributed by atoms with Gasteiger partial charge in [0.25, 0.3) is 5.91 Å². The Morgan fingerprint density at radius 1 is 1.42 bits per heavy atom. The Morgan fingerprint density at radius 3 is 2.88 bits per heavy atom.